The van der Waals surface area contributed by atoms with Crippen molar-refractivity contribution in [2.75, 3.05) is 26.3 Å². The third-order valence-electron chi connectivity index (χ3n) is 5.07. The van der Waals surface area contributed by atoms with Crippen LogP contribution in [0.1, 0.15) is 37.0 Å². The molecule has 2 aromatic carbocycles. The normalized spacial score (nSPS) is 18.6. The Labute approximate surface area is 167 Å². The van der Waals surface area contributed by atoms with E-state index in [1.54, 1.807) is 0 Å². The van der Waals surface area contributed by atoms with E-state index in [0.717, 1.165) is 30.5 Å². The second-order valence-electron chi connectivity index (χ2n) is 7.04. The van der Waals surface area contributed by atoms with E-state index < -0.39 is 5.79 Å². The first-order chi connectivity index (χ1) is 13.7. The van der Waals surface area contributed by atoms with Gasteiger partial charge in [-0.25, -0.2) is 0 Å². The van der Waals surface area contributed by atoms with E-state index in [4.69, 9.17) is 9.47 Å². The summed E-state index contributed by atoms with van der Waals surface area (Å²) in [4.78, 5) is 12.5. The average Bonchev–Trinajstić information content (AvgIpc) is 2.73. The maximum atomic E-state index is 12.5. The van der Waals surface area contributed by atoms with Gasteiger partial charge in [0, 0.05) is 50.8 Å². The molecule has 0 bridgehead atoms. The predicted molar refractivity (Wildman–Crippen MR) is 111 cm³/mol. The van der Waals surface area contributed by atoms with E-state index in [1.807, 2.05) is 56.3 Å². The summed E-state index contributed by atoms with van der Waals surface area (Å²) in [5.74, 6) is -0.605. The Hall–Kier alpha value is -2.21. The molecule has 0 unspecified atom stereocenters. The van der Waals surface area contributed by atoms with E-state index in [1.165, 1.54) is 0 Å². The smallest absolute Gasteiger partial charge is 0.251 e. The Bertz CT molecular complexity index is 735. The van der Waals surface area contributed by atoms with Gasteiger partial charge in [-0.3, -0.25) is 4.79 Å². The molecule has 0 saturated carbocycles. The molecule has 1 aliphatic rings. The molecule has 0 aliphatic carbocycles. The van der Waals surface area contributed by atoms with Gasteiger partial charge < -0.3 is 20.1 Å². The van der Waals surface area contributed by atoms with Crippen molar-refractivity contribution in [1.29, 1.82) is 0 Å². The summed E-state index contributed by atoms with van der Waals surface area (Å²) in [6.07, 6.45) is 1.54. The zero-order valence-corrected chi connectivity index (χ0v) is 16.7. The molecule has 0 radical (unpaired) electrons. The van der Waals surface area contributed by atoms with Crippen LogP contribution in [0.4, 0.5) is 0 Å². The lowest BCUT2D eigenvalue weighted by molar-refractivity contribution is -0.249. The Morgan fingerprint density at radius 2 is 1.68 bits per heavy atom. The number of piperidine rings is 1. The van der Waals surface area contributed by atoms with E-state index in [2.05, 4.69) is 22.8 Å². The van der Waals surface area contributed by atoms with Crippen LogP contribution in [-0.2, 0) is 9.47 Å². The van der Waals surface area contributed by atoms with E-state index in [0.29, 0.717) is 25.3 Å². The van der Waals surface area contributed by atoms with E-state index in [9.17, 15) is 4.79 Å². The Kier molecular flexibility index (Phi) is 7.20. The SMILES string of the molecule is CCOC1(OCC)CCN[C@@H](CNC(=O)c2ccc(-c3ccccc3)cc2)C1. The third-order valence-corrected chi connectivity index (χ3v) is 5.07. The molecule has 1 aliphatic heterocycles. The van der Waals surface area contributed by atoms with Gasteiger partial charge in [-0.15, -0.1) is 0 Å². The topological polar surface area (TPSA) is 59.6 Å². The fraction of sp³-hybridized carbons (Fsp3) is 0.435. The summed E-state index contributed by atoms with van der Waals surface area (Å²) in [6, 6.07) is 18.0. The molecule has 28 heavy (non-hydrogen) atoms. The standard InChI is InChI=1S/C23H30N2O3/c1-3-27-23(28-4-2)14-15-24-21(16-23)17-25-22(26)20-12-10-19(11-13-20)18-8-6-5-7-9-18/h5-13,21,24H,3-4,14-17H2,1-2H3,(H,25,26)/t21-/m1/s1. The van der Waals surface area contributed by atoms with Crippen molar-refractivity contribution in [1.82, 2.24) is 10.6 Å². The van der Waals surface area contributed by atoms with Gasteiger partial charge in [0.25, 0.3) is 5.91 Å². The van der Waals surface area contributed by atoms with Crippen molar-refractivity contribution in [3.05, 3.63) is 60.2 Å². The van der Waals surface area contributed by atoms with Crippen LogP contribution in [-0.4, -0.2) is 44.0 Å². The number of carbonyl (C=O) groups excluding carboxylic acids is 1. The largest absolute Gasteiger partial charge is 0.350 e. The van der Waals surface area contributed by atoms with Crippen LogP contribution in [0.15, 0.2) is 54.6 Å². The highest BCUT2D eigenvalue weighted by atomic mass is 16.7. The first-order valence-corrected chi connectivity index (χ1v) is 10.1. The molecule has 0 aromatic heterocycles. The monoisotopic (exact) mass is 382 g/mol. The number of carbonyl (C=O) groups is 1. The fourth-order valence-corrected chi connectivity index (χ4v) is 3.75. The molecule has 2 aromatic rings. The molecule has 0 spiro atoms. The third kappa shape index (κ3) is 5.19. The number of hydrogen-bond donors (Lipinski definition) is 2. The van der Waals surface area contributed by atoms with Gasteiger partial charge >= 0.3 is 0 Å². The zero-order valence-electron chi connectivity index (χ0n) is 16.7. The molecule has 1 amide bonds. The average molecular weight is 383 g/mol. The van der Waals surface area contributed by atoms with Crippen molar-refractivity contribution in [2.45, 2.75) is 38.5 Å². The van der Waals surface area contributed by atoms with Gasteiger partial charge in [-0.2, -0.15) is 0 Å². The number of nitrogens with one attached hydrogen (secondary N) is 2. The minimum Gasteiger partial charge on any atom is -0.350 e. The summed E-state index contributed by atoms with van der Waals surface area (Å²) >= 11 is 0. The lowest BCUT2D eigenvalue weighted by atomic mass is 9.97. The number of hydrogen-bond acceptors (Lipinski definition) is 4. The molecule has 5 heteroatoms. The molecule has 1 heterocycles. The molecule has 1 fully saturated rings. The minimum absolute atomic E-state index is 0.0644. The highest BCUT2D eigenvalue weighted by Gasteiger charge is 2.37. The minimum atomic E-state index is -0.540. The first kappa shape index (κ1) is 20.5. The molecule has 2 N–H and O–H groups in total. The number of ether oxygens (including phenoxy) is 2. The van der Waals surface area contributed by atoms with Crippen molar-refractivity contribution in [3.8, 4) is 11.1 Å². The quantitative estimate of drug-likeness (QED) is 0.685. The van der Waals surface area contributed by atoms with Gasteiger partial charge in [-0.05, 0) is 37.1 Å². The van der Waals surface area contributed by atoms with Crippen molar-refractivity contribution < 1.29 is 14.3 Å². The molecule has 1 atom stereocenters. The maximum absolute atomic E-state index is 12.5. The van der Waals surface area contributed by atoms with Crippen LogP contribution in [0.2, 0.25) is 0 Å². The predicted octanol–water partition coefficient (Wildman–Crippen LogP) is 3.60. The summed E-state index contributed by atoms with van der Waals surface area (Å²) < 4.78 is 11.8. The first-order valence-electron chi connectivity index (χ1n) is 10.1. The van der Waals surface area contributed by atoms with Crippen molar-refractivity contribution in [2.24, 2.45) is 0 Å². The second kappa shape index (κ2) is 9.82. The molecule has 150 valence electrons. The van der Waals surface area contributed by atoms with Gasteiger partial charge in [0.1, 0.15) is 0 Å². The lowest BCUT2D eigenvalue weighted by Gasteiger charge is -2.40. The summed E-state index contributed by atoms with van der Waals surface area (Å²) in [5, 5.41) is 6.49. The number of benzene rings is 2. The van der Waals surface area contributed by atoms with Crippen LogP contribution in [0.25, 0.3) is 11.1 Å². The second-order valence-corrected chi connectivity index (χ2v) is 7.04. The maximum Gasteiger partial charge on any atom is 0.251 e. The van der Waals surface area contributed by atoms with Crippen LogP contribution in [0, 0.1) is 0 Å². The van der Waals surface area contributed by atoms with Gasteiger partial charge in [0.2, 0.25) is 0 Å². The zero-order chi connectivity index (χ0) is 19.8. The van der Waals surface area contributed by atoms with Crippen molar-refractivity contribution in [3.63, 3.8) is 0 Å². The lowest BCUT2D eigenvalue weighted by Crippen LogP contribution is -2.54. The van der Waals surface area contributed by atoms with Crippen molar-refractivity contribution >= 4 is 5.91 Å². The summed E-state index contributed by atoms with van der Waals surface area (Å²) in [5.41, 5.74) is 2.91. The van der Waals surface area contributed by atoms with E-state index >= 15 is 0 Å². The van der Waals surface area contributed by atoms with Gasteiger partial charge in [-0.1, -0.05) is 42.5 Å². The molecule has 3 rings (SSSR count). The van der Waals surface area contributed by atoms with Gasteiger partial charge in [0.15, 0.2) is 5.79 Å². The number of amides is 1. The molecular formula is C23H30N2O3. The summed E-state index contributed by atoms with van der Waals surface area (Å²) in [6.45, 7) is 6.56. The molecular weight excluding hydrogens is 352 g/mol. The van der Waals surface area contributed by atoms with Crippen LogP contribution < -0.4 is 10.6 Å². The molecule has 5 nitrogen and oxygen atoms in total. The highest BCUT2D eigenvalue weighted by Crippen LogP contribution is 2.27. The Balaban J connectivity index is 1.56. The Morgan fingerprint density at radius 3 is 2.32 bits per heavy atom. The van der Waals surface area contributed by atoms with Crippen LogP contribution >= 0.6 is 0 Å². The fourth-order valence-electron chi connectivity index (χ4n) is 3.75. The van der Waals surface area contributed by atoms with E-state index in [-0.39, 0.29) is 11.9 Å². The highest BCUT2D eigenvalue weighted by molar-refractivity contribution is 5.94. The Morgan fingerprint density at radius 1 is 1.04 bits per heavy atom. The summed E-state index contributed by atoms with van der Waals surface area (Å²) in [7, 11) is 0. The van der Waals surface area contributed by atoms with Crippen LogP contribution in [0.3, 0.4) is 0 Å². The van der Waals surface area contributed by atoms with Gasteiger partial charge in [0.05, 0.1) is 0 Å². The number of rotatable bonds is 8. The molecule has 1 saturated heterocycles. The van der Waals surface area contributed by atoms with Crippen LogP contribution in [0.5, 0.6) is 0 Å².